The quantitative estimate of drug-likeness (QED) is 0.181. The fraction of sp³-hybridized carbons (Fsp3) is 0.276. The number of ketones is 2. The number of thiol groups is 1. The summed E-state index contributed by atoms with van der Waals surface area (Å²) in [4.78, 5) is 62.0. The molecule has 2 amide bonds. The highest BCUT2D eigenvalue weighted by atomic mass is 35.5. The first-order valence-electron chi connectivity index (χ1n) is 12.5. The summed E-state index contributed by atoms with van der Waals surface area (Å²) in [7, 11) is 0. The lowest BCUT2D eigenvalue weighted by atomic mass is 10.0. The van der Waals surface area contributed by atoms with Crippen LogP contribution in [-0.4, -0.2) is 59.2 Å². The van der Waals surface area contributed by atoms with Gasteiger partial charge in [-0.2, -0.15) is 12.6 Å². The van der Waals surface area contributed by atoms with E-state index in [2.05, 4.69) is 35.2 Å². The Balaban J connectivity index is 1.62. The Morgan fingerprint density at radius 2 is 1.55 bits per heavy atom. The fourth-order valence-corrected chi connectivity index (χ4v) is 4.37. The number of carbonyl (C=O) groups excluding carboxylic acids is 5. The zero-order chi connectivity index (χ0) is 29.4. The largest absolute Gasteiger partial charge is 0.379 e. The van der Waals surface area contributed by atoms with Crippen LogP contribution in [0.4, 0.5) is 0 Å². The molecule has 9 nitrogen and oxygen atoms in total. The molecule has 3 aromatic rings. The molecule has 0 spiro atoms. The summed E-state index contributed by atoms with van der Waals surface area (Å²) in [6, 6.07) is 12.2. The van der Waals surface area contributed by atoms with Gasteiger partial charge in [0.2, 0.25) is 11.8 Å². The minimum Gasteiger partial charge on any atom is -0.379 e. The van der Waals surface area contributed by atoms with Crippen LogP contribution in [-0.2, 0) is 25.6 Å². The van der Waals surface area contributed by atoms with Crippen LogP contribution in [0.5, 0.6) is 0 Å². The lowest BCUT2D eigenvalue weighted by Crippen LogP contribution is -2.38. The zero-order valence-electron chi connectivity index (χ0n) is 22.3. The van der Waals surface area contributed by atoms with Gasteiger partial charge >= 0.3 is 0 Å². The maximum atomic E-state index is 13.4. The molecular formula is C29H31ClN4O5S. The number of carbonyl (C=O) groups is 5. The maximum Gasteiger partial charge on any atom is 0.262 e. The highest BCUT2D eigenvalue weighted by Crippen LogP contribution is 2.29. The molecule has 1 aromatic heterocycles. The van der Waals surface area contributed by atoms with Crippen LogP contribution < -0.4 is 16.0 Å². The Morgan fingerprint density at radius 1 is 0.875 bits per heavy atom. The number of halogens is 1. The molecule has 0 aliphatic carbocycles. The van der Waals surface area contributed by atoms with Crippen molar-refractivity contribution in [3.05, 3.63) is 82.1 Å². The molecular weight excluding hydrogens is 552 g/mol. The van der Waals surface area contributed by atoms with Crippen molar-refractivity contribution in [1.82, 2.24) is 20.5 Å². The minimum atomic E-state index is -0.461. The minimum absolute atomic E-state index is 0.0360. The van der Waals surface area contributed by atoms with Crippen LogP contribution in [0.2, 0.25) is 5.02 Å². The second kappa shape index (κ2) is 14.0. The topological polar surface area (TPSA) is 126 Å². The molecule has 0 aliphatic rings. The molecule has 2 aromatic carbocycles. The molecule has 0 fully saturated rings. The van der Waals surface area contributed by atoms with Crippen molar-refractivity contribution in [3.8, 4) is 0 Å². The third kappa shape index (κ3) is 8.06. The summed E-state index contributed by atoms with van der Waals surface area (Å²) in [5, 5.41) is 9.07. The Morgan fingerprint density at radius 3 is 2.23 bits per heavy atom. The number of fused-ring (bicyclic) bond motifs is 1. The molecule has 0 saturated heterocycles. The number of amides is 2. The molecule has 0 aliphatic heterocycles. The molecule has 0 radical (unpaired) electrons. The average molecular weight is 583 g/mol. The zero-order valence-corrected chi connectivity index (χ0v) is 24.0. The summed E-state index contributed by atoms with van der Waals surface area (Å²) >= 11 is 9.83. The molecule has 0 bridgehead atoms. The van der Waals surface area contributed by atoms with Crippen molar-refractivity contribution >= 4 is 64.4 Å². The third-order valence-corrected chi connectivity index (χ3v) is 6.72. The molecule has 210 valence electrons. The molecule has 11 heteroatoms. The summed E-state index contributed by atoms with van der Waals surface area (Å²) in [6.45, 7) is 7.10. The number of hydrogen-bond acceptors (Lipinski definition) is 7. The highest BCUT2D eigenvalue weighted by Gasteiger charge is 2.22. The summed E-state index contributed by atoms with van der Waals surface area (Å²) < 4.78 is 1.58. The van der Waals surface area contributed by atoms with E-state index in [9.17, 15) is 24.0 Å². The third-order valence-electron chi connectivity index (χ3n) is 6.18. The maximum absolute atomic E-state index is 13.4. The first-order chi connectivity index (χ1) is 19.0. The smallest absolute Gasteiger partial charge is 0.262 e. The molecule has 0 atom stereocenters. The average Bonchev–Trinajstić information content (AvgIpc) is 3.19. The van der Waals surface area contributed by atoms with E-state index in [1.165, 1.54) is 0 Å². The van der Waals surface area contributed by atoms with Gasteiger partial charge < -0.3 is 16.0 Å². The van der Waals surface area contributed by atoms with E-state index in [0.717, 1.165) is 10.9 Å². The summed E-state index contributed by atoms with van der Waals surface area (Å²) in [5.41, 5.74) is 3.81. The van der Waals surface area contributed by atoms with E-state index in [1.54, 1.807) is 35.8 Å². The van der Waals surface area contributed by atoms with Crippen LogP contribution in [0.3, 0.4) is 0 Å². The van der Waals surface area contributed by atoms with Gasteiger partial charge in [0.1, 0.15) is 5.78 Å². The molecule has 0 saturated carbocycles. The van der Waals surface area contributed by atoms with Gasteiger partial charge in [0.25, 0.3) is 5.91 Å². The predicted octanol–water partition coefficient (Wildman–Crippen LogP) is 2.94. The second-order valence-electron chi connectivity index (χ2n) is 9.33. The van der Waals surface area contributed by atoms with Crippen molar-refractivity contribution in [2.24, 2.45) is 0 Å². The van der Waals surface area contributed by atoms with Crippen molar-refractivity contribution in [3.63, 3.8) is 0 Å². The van der Waals surface area contributed by atoms with Gasteiger partial charge in [0.05, 0.1) is 37.3 Å². The number of benzene rings is 2. The van der Waals surface area contributed by atoms with E-state index < -0.39 is 11.7 Å². The lowest BCUT2D eigenvalue weighted by Gasteiger charge is -2.10. The number of aryl methyl sites for hydroxylation is 1. The fourth-order valence-electron chi connectivity index (χ4n) is 4.13. The summed E-state index contributed by atoms with van der Waals surface area (Å²) in [5.74, 6) is -1.70. The van der Waals surface area contributed by atoms with E-state index >= 15 is 0 Å². The Hall–Kier alpha value is -3.89. The normalized spacial score (nSPS) is 10.7. The molecule has 40 heavy (non-hydrogen) atoms. The van der Waals surface area contributed by atoms with Crippen LogP contribution in [0.15, 0.2) is 54.7 Å². The molecule has 1 heterocycles. The van der Waals surface area contributed by atoms with Crippen molar-refractivity contribution in [1.29, 1.82) is 0 Å². The van der Waals surface area contributed by atoms with Gasteiger partial charge in [0, 0.05) is 33.8 Å². The van der Waals surface area contributed by atoms with Gasteiger partial charge in [-0.3, -0.25) is 28.5 Å². The SMILES string of the molecule is C=C(CNC(=O)CS)NCC(=O)NCC(=O)CC(=O)Cc1c(C)n(C(=O)c2ccc(Cl)cc2)c2ccc(C)cc12. The van der Waals surface area contributed by atoms with E-state index in [4.69, 9.17) is 11.6 Å². The lowest BCUT2D eigenvalue weighted by molar-refractivity contribution is -0.128. The van der Waals surface area contributed by atoms with E-state index in [1.807, 2.05) is 25.1 Å². The summed E-state index contributed by atoms with van der Waals surface area (Å²) in [6.07, 6.45) is -0.398. The van der Waals surface area contributed by atoms with Gasteiger partial charge in [-0.25, -0.2) is 0 Å². The van der Waals surface area contributed by atoms with E-state index in [0.29, 0.717) is 33.1 Å². The molecule has 0 unspecified atom stereocenters. The van der Waals surface area contributed by atoms with E-state index in [-0.39, 0.29) is 55.8 Å². The second-order valence-corrected chi connectivity index (χ2v) is 10.1. The molecule has 3 rings (SSSR count). The first kappa shape index (κ1) is 30.6. The van der Waals surface area contributed by atoms with Crippen molar-refractivity contribution in [2.75, 3.05) is 25.4 Å². The van der Waals surface area contributed by atoms with Crippen LogP contribution in [0.1, 0.15) is 33.6 Å². The monoisotopic (exact) mass is 582 g/mol. The van der Waals surface area contributed by atoms with Crippen LogP contribution >= 0.6 is 24.2 Å². The predicted molar refractivity (Wildman–Crippen MR) is 158 cm³/mol. The van der Waals surface area contributed by atoms with Crippen molar-refractivity contribution < 1.29 is 24.0 Å². The first-order valence-corrected chi connectivity index (χ1v) is 13.5. The van der Waals surface area contributed by atoms with Crippen LogP contribution in [0.25, 0.3) is 10.9 Å². The van der Waals surface area contributed by atoms with Gasteiger partial charge in [-0.15, -0.1) is 0 Å². The van der Waals surface area contributed by atoms with Crippen LogP contribution in [0, 0.1) is 13.8 Å². The number of hydrogen-bond donors (Lipinski definition) is 4. The van der Waals surface area contributed by atoms with Gasteiger partial charge in [-0.1, -0.05) is 29.8 Å². The number of rotatable bonds is 13. The van der Waals surface area contributed by atoms with Gasteiger partial charge in [-0.05, 0) is 55.8 Å². The number of nitrogens with one attached hydrogen (secondary N) is 3. The Kier molecular flexibility index (Phi) is 10.7. The molecule has 3 N–H and O–H groups in total. The van der Waals surface area contributed by atoms with Gasteiger partial charge in [0.15, 0.2) is 5.78 Å². The number of Topliss-reactive ketones (excluding diaryl/α,β-unsaturated/α-hetero) is 2. The number of aromatic nitrogens is 1. The highest BCUT2D eigenvalue weighted by molar-refractivity contribution is 7.81. The standard InChI is InChI=1S/C29H31ClN4O5S/c1-17-4-9-26-25(10-17)24(19(3)34(26)29(39)20-5-7-21(30)8-6-20)12-22(35)11-23(36)14-33-27(37)15-31-18(2)13-32-28(38)16-40/h4-10,31,40H,2,11-16H2,1,3H3,(H,32,38)(H,33,37). The number of nitrogens with zero attached hydrogens (tertiary/aromatic N) is 1. The Labute approximate surface area is 242 Å². The van der Waals surface area contributed by atoms with Crippen molar-refractivity contribution in [2.45, 2.75) is 26.7 Å². The Bertz CT molecular complexity index is 1480.